The van der Waals surface area contributed by atoms with E-state index in [9.17, 15) is 14.4 Å². The van der Waals surface area contributed by atoms with E-state index in [4.69, 9.17) is 4.74 Å². The minimum absolute atomic E-state index is 0.0487. The van der Waals surface area contributed by atoms with Crippen LogP contribution in [-0.4, -0.2) is 36.5 Å². The zero-order valence-corrected chi connectivity index (χ0v) is 18.7. The number of esters is 1. The van der Waals surface area contributed by atoms with E-state index in [0.717, 1.165) is 25.7 Å². The van der Waals surface area contributed by atoms with Crippen LogP contribution in [0.25, 0.3) is 16.8 Å². The van der Waals surface area contributed by atoms with Gasteiger partial charge in [0.1, 0.15) is 24.6 Å². The van der Waals surface area contributed by atoms with Crippen LogP contribution in [0.5, 0.6) is 5.75 Å². The van der Waals surface area contributed by atoms with Crippen LogP contribution in [0.2, 0.25) is 0 Å². The van der Waals surface area contributed by atoms with Gasteiger partial charge in [0, 0.05) is 10.0 Å². The number of carbonyl (C=O) groups is 3. The van der Waals surface area contributed by atoms with Crippen molar-refractivity contribution in [1.82, 2.24) is 10.2 Å². The van der Waals surface area contributed by atoms with Gasteiger partial charge in [0.25, 0.3) is 5.91 Å². The molecule has 0 aliphatic carbocycles. The largest absolute Gasteiger partial charge is 0.488 e. The molecular weight excluding hydrogens is 476 g/mol. The average molecular weight is 495 g/mol. The molecule has 0 atom stereocenters. The number of nitrogens with zero attached hydrogens (tertiary/aromatic N) is 1. The van der Waals surface area contributed by atoms with Crippen LogP contribution in [0.15, 0.2) is 70.8 Å². The third kappa shape index (κ3) is 4.65. The van der Waals surface area contributed by atoms with Crippen molar-refractivity contribution >= 4 is 50.7 Å². The molecule has 7 nitrogen and oxygen atoms in total. The molecule has 4 rings (SSSR count). The molecule has 1 heterocycles. The summed E-state index contributed by atoms with van der Waals surface area (Å²) in [6.07, 6.45) is 1.53. The predicted molar refractivity (Wildman–Crippen MR) is 123 cm³/mol. The van der Waals surface area contributed by atoms with Gasteiger partial charge in [-0.1, -0.05) is 52.3 Å². The minimum Gasteiger partial charge on any atom is -0.488 e. The van der Waals surface area contributed by atoms with Gasteiger partial charge in [-0.3, -0.25) is 9.59 Å². The number of imide groups is 1. The summed E-state index contributed by atoms with van der Waals surface area (Å²) in [6, 6.07) is 18.9. The van der Waals surface area contributed by atoms with Gasteiger partial charge in [-0.2, -0.15) is 0 Å². The number of benzene rings is 3. The Morgan fingerprint density at radius 3 is 2.62 bits per heavy atom. The normalized spacial score (nSPS) is 14.7. The smallest absolute Gasteiger partial charge is 0.329 e. The Hall–Kier alpha value is -3.65. The highest BCUT2D eigenvalue weighted by Gasteiger charge is 2.35. The van der Waals surface area contributed by atoms with Crippen LogP contribution in [0, 0.1) is 0 Å². The SMILES string of the molecule is COC(=O)CN1C(=O)N/C(=C/c2cc(Br)ccc2OCc2ccc3ccccc3c2)C1=O. The van der Waals surface area contributed by atoms with Crippen molar-refractivity contribution in [3.8, 4) is 5.75 Å². The first-order valence-electron chi connectivity index (χ1n) is 9.76. The number of fused-ring (bicyclic) bond motifs is 1. The number of hydrogen-bond donors (Lipinski definition) is 1. The molecule has 1 saturated heterocycles. The number of rotatable bonds is 6. The van der Waals surface area contributed by atoms with Gasteiger partial charge in [0.2, 0.25) is 0 Å². The Labute approximate surface area is 192 Å². The fourth-order valence-corrected chi connectivity index (χ4v) is 3.70. The first kappa shape index (κ1) is 21.6. The van der Waals surface area contributed by atoms with Gasteiger partial charge in [-0.15, -0.1) is 0 Å². The predicted octanol–water partition coefficient (Wildman–Crippen LogP) is 4.25. The maximum Gasteiger partial charge on any atom is 0.329 e. The van der Waals surface area contributed by atoms with E-state index in [1.54, 1.807) is 12.1 Å². The first-order chi connectivity index (χ1) is 15.4. The highest BCUT2D eigenvalue weighted by atomic mass is 79.9. The number of urea groups is 1. The lowest BCUT2D eigenvalue weighted by molar-refractivity contribution is -0.143. The Kier molecular flexibility index (Phi) is 6.23. The molecule has 3 aromatic rings. The first-order valence-corrected chi connectivity index (χ1v) is 10.6. The van der Waals surface area contributed by atoms with Crippen LogP contribution < -0.4 is 10.1 Å². The summed E-state index contributed by atoms with van der Waals surface area (Å²) < 4.78 is 11.4. The van der Waals surface area contributed by atoms with E-state index in [-0.39, 0.29) is 5.70 Å². The molecular formula is C24H19BrN2O5. The quantitative estimate of drug-likeness (QED) is 0.314. The Bertz CT molecular complexity index is 1250. The van der Waals surface area contributed by atoms with Gasteiger partial charge in [0.15, 0.2) is 0 Å². The molecule has 0 spiro atoms. The van der Waals surface area contributed by atoms with Crippen molar-refractivity contribution in [2.24, 2.45) is 0 Å². The van der Waals surface area contributed by atoms with Crippen molar-refractivity contribution in [3.63, 3.8) is 0 Å². The van der Waals surface area contributed by atoms with Crippen LogP contribution >= 0.6 is 15.9 Å². The van der Waals surface area contributed by atoms with Crippen molar-refractivity contribution < 1.29 is 23.9 Å². The summed E-state index contributed by atoms with van der Waals surface area (Å²) in [6.45, 7) is -0.125. The molecule has 1 aliphatic heterocycles. The summed E-state index contributed by atoms with van der Waals surface area (Å²) in [4.78, 5) is 37.0. The Balaban J connectivity index is 1.56. The second-order valence-corrected chi connectivity index (χ2v) is 8.02. The van der Waals surface area contributed by atoms with Crippen LogP contribution in [0.4, 0.5) is 4.79 Å². The lowest BCUT2D eigenvalue weighted by Gasteiger charge is -2.11. The molecule has 0 unspecified atom stereocenters. The summed E-state index contributed by atoms with van der Waals surface area (Å²) in [5, 5.41) is 4.76. The number of halogens is 1. The maximum atomic E-state index is 12.6. The van der Waals surface area contributed by atoms with Crippen LogP contribution in [0.1, 0.15) is 11.1 Å². The van der Waals surface area contributed by atoms with Crippen molar-refractivity contribution in [1.29, 1.82) is 0 Å². The molecule has 8 heteroatoms. The number of carbonyl (C=O) groups excluding carboxylic acids is 3. The topological polar surface area (TPSA) is 84.9 Å². The molecule has 0 bridgehead atoms. The van der Waals surface area contributed by atoms with E-state index in [2.05, 4.69) is 38.1 Å². The fourth-order valence-electron chi connectivity index (χ4n) is 3.32. The molecule has 162 valence electrons. The lowest BCUT2D eigenvalue weighted by atomic mass is 10.1. The van der Waals surface area contributed by atoms with Gasteiger partial charge < -0.3 is 14.8 Å². The number of amides is 3. The summed E-state index contributed by atoms with van der Waals surface area (Å²) >= 11 is 3.42. The molecule has 1 N–H and O–H groups in total. The number of hydrogen-bond acceptors (Lipinski definition) is 5. The molecule has 32 heavy (non-hydrogen) atoms. The molecule has 1 aliphatic rings. The van der Waals surface area contributed by atoms with E-state index in [1.807, 2.05) is 36.4 Å². The zero-order valence-electron chi connectivity index (χ0n) is 17.1. The molecule has 0 radical (unpaired) electrons. The van der Waals surface area contributed by atoms with Crippen molar-refractivity contribution in [2.45, 2.75) is 6.61 Å². The molecule has 0 saturated carbocycles. The van der Waals surface area contributed by atoms with Crippen LogP contribution in [0.3, 0.4) is 0 Å². The van der Waals surface area contributed by atoms with Crippen molar-refractivity contribution in [2.75, 3.05) is 13.7 Å². The monoisotopic (exact) mass is 494 g/mol. The van der Waals surface area contributed by atoms with E-state index >= 15 is 0 Å². The Morgan fingerprint density at radius 1 is 1.06 bits per heavy atom. The Morgan fingerprint density at radius 2 is 1.84 bits per heavy atom. The number of methoxy groups -OCH3 is 1. The van der Waals surface area contributed by atoms with Gasteiger partial charge in [-0.05, 0) is 46.7 Å². The third-order valence-corrected chi connectivity index (χ3v) is 5.45. The molecule has 3 amide bonds. The summed E-state index contributed by atoms with van der Waals surface area (Å²) in [7, 11) is 1.19. The summed E-state index contributed by atoms with van der Waals surface area (Å²) in [5.41, 5.74) is 1.65. The lowest BCUT2D eigenvalue weighted by Crippen LogP contribution is -2.36. The van der Waals surface area contributed by atoms with Crippen molar-refractivity contribution in [3.05, 3.63) is 82.0 Å². The summed E-state index contributed by atoms with van der Waals surface area (Å²) in [5.74, 6) is -0.750. The fraction of sp³-hybridized carbons (Fsp3) is 0.125. The van der Waals surface area contributed by atoms with E-state index in [1.165, 1.54) is 13.2 Å². The standard InChI is InChI=1S/C24H19BrN2O5/c1-31-22(28)13-27-23(29)20(26-24(27)30)12-18-11-19(25)8-9-21(18)32-14-15-6-7-16-4-2-3-5-17(16)10-15/h2-12H,13-14H2,1H3,(H,26,30)/b20-12+. The van der Waals surface area contributed by atoms with Crippen LogP contribution in [-0.2, 0) is 20.9 Å². The number of ether oxygens (including phenoxy) is 2. The second kappa shape index (κ2) is 9.23. The molecule has 0 aromatic heterocycles. The zero-order chi connectivity index (χ0) is 22.7. The van der Waals surface area contributed by atoms with E-state index in [0.29, 0.717) is 17.9 Å². The highest BCUT2D eigenvalue weighted by molar-refractivity contribution is 9.10. The minimum atomic E-state index is -0.684. The van der Waals surface area contributed by atoms with Gasteiger partial charge in [-0.25, -0.2) is 9.69 Å². The maximum absolute atomic E-state index is 12.6. The second-order valence-electron chi connectivity index (χ2n) is 7.11. The molecule has 3 aromatic carbocycles. The molecule has 1 fully saturated rings. The van der Waals surface area contributed by atoms with Gasteiger partial charge >= 0.3 is 12.0 Å². The van der Waals surface area contributed by atoms with Gasteiger partial charge in [0.05, 0.1) is 7.11 Å². The average Bonchev–Trinajstić information content (AvgIpc) is 3.05. The third-order valence-electron chi connectivity index (χ3n) is 4.96. The number of nitrogens with one attached hydrogen (secondary N) is 1. The highest BCUT2D eigenvalue weighted by Crippen LogP contribution is 2.28. The van der Waals surface area contributed by atoms with E-state index < -0.39 is 24.5 Å².